The molecule has 0 bridgehead atoms. The Bertz CT molecular complexity index is 487. The van der Waals surface area contributed by atoms with Crippen molar-refractivity contribution in [2.24, 2.45) is 0 Å². The fourth-order valence-corrected chi connectivity index (χ4v) is 2.24. The van der Waals surface area contributed by atoms with Crippen LogP contribution in [0.1, 0.15) is 37.8 Å². The van der Waals surface area contributed by atoms with Crippen LogP contribution in [-0.4, -0.2) is 35.1 Å². The van der Waals surface area contributed by atoms with Gasteiger partial charge >= 0.3 is 12.1 Å². The van der Waals surface area contributed by atoms with E-state index in [1.54, 1.807) is 6.07 Å². The molecule has 0 heterocycles. The maximum Gasteiger partial charge on any atom is 0.416 e. The lowest BCUT2D eigenvalue weighted by atomic mass is 10.0. The van der Waals surface area contributed by atoms with Crippen LogP contribution in [0.3, 0.4) is 0 Å². The lowest BCUT2D eigenvalue weighted by Gasteiger charge is -2.24. The maximum absolute atomic E-state index is 12.6. The van der Waals surface area contributed by atoms with Crippen LogP contribution in [0.25, 0.3) is 0 Å². The van der Waals surface area contributed by atoms with Crippen molar-refractivity contribution in [1.29, 1.82) is 0 Å². The molecule has 6 heteroatoms. The fraction of sp³-hybridized carbons (Fsp3) is 0.562. The van der Waals surface area contributed by atoms with E-state index in [1.165, 1.54) is 12.1 Å². The highest BCUT2D eigenvalue weighted by atomic mass is 19.4. The van der Waals surface area contributed by atoms with Crippen molar-refractivity contribution in [3.8, 4) is 0 Å². The number of unbranched alkanes of at least 4 members (excludes halogenated alkanes) is 1. The highest BCUT2D eigenvalue weighted by Crippen LogP contribution is 2.29. The molecule has 0 unspecified atom stereocenters. The largest absolute Gasteiger partial charge is 0.480 e. The van der Waals surface area contributed by atoms with E-state index in [-0.39, 0.29) is 12.6 Å². The zero-order valence-corrected chi connectivity index (χ0v) is 12.9. The molecular formula is C16H22F3NO2. The summed E-state index contributed by atoms with van der Waals surface area (Å²) in [4.78, 5) is 12.6. The minimum absolute atomic E-state index is 0.0127. The number of carbonyl (C=O) groups is 1. The molecule has 22 heavy (non-hydrogen) atoms. The third-order valence-corrected chi connectivity index (χ3v) is 3.48. The molecule has 1 aromatic carbocycles. The van der Waals surface area contributed by atoms with E-state index >= 15 is 0 Å². The molecule has 0 aromatic heterocycles. The van der Waals surface area contributed by atoms with Crippen LogP contribution in [0.2, 0.25) is 0 Å². The first kappa shape index (κ1) is 18.5. The Morgan fingerprint density at radius 3 is 2.50 bits per heavy atom. The van der Waals surface area contributed by atoms with Crippen LogP contribution in [0.5, 0.6) is 0 Å². The minimum Gasteiger partial charge on any atom is -0.480 e. The lowest BCUT2D eigenvalue weighted by Crippen LogP contribution is -2.36. The average Bonchev–Trinajstić information content (AvgIpc) is 2.41. The summed E-state index contributed by atoms with van der Waals surface area (Å²) in [6.45, 7) is 4.47. The molecule has 0 aliphatic carbocycles. The standard InChI is InChI=1S/C16H22F3NO2/c1-12(2)20(11-15(21)22)9-4-3-6-13-7-5-8-14(10-13)16(17,18)19/h5,7-8,10,12H,3-4,6,9,11H2,1-2H3,(H,21,22). The van der Waals surface area contributed by atoms with Gasteiger partial charge in [-0.2, -0.15) is 13.2 Å². The van der Waals surface area contributed by atoms with Crippen LogP contribution >= 0.6 is 0 Å². The molecule has 0 aliphatic heterocycles. The molecule has 0 saturated carbocycles. The quantitative estimate of drug-likeness (QED) is 0.741. The number of halogens is 3. The molecule has 3 nitrogen and oxygen atoms in total. The normalized spacial score (nSPS) is 12.1. The maximum atomic E-state index is 12.6. The van der Waals surface area contributed by atoms with Gasteiger partial charge in [0.05, 0.1) is 12.1 Å². The molecule has 0 fully saturated rings. The van der Waals surface area contributed by atoms with Crippen molar-refractivity contribution in [2.75, 3.05) is 13.1 Å². The smallest absolute Gasteiger partial charge is 0.416 e. The molecule has 0 atom stereocenters. The van der Waals surface area contributed by atoms with Gasteiger partial charge in [-0.05, 0) is 51.3 Å². The molecular weight excluding hydrogens is 295 g/mol. The van der Waals surface area contributed by atoms with Crippen molar-refractivity contribution >= 4 is 5.97 Å². The molecule has 124 valence electrons. The third-order valence-electron chi connectivity index (χ3n) is 3.48. The second-order valence-corrected chi connectivity index (χ2v) is 5.61. The minimum atomic E-state index is -4.31. The third kappa shape index (κ3) is 6.47. The average molecular weight is 317 g/mol. The first-order valence-electron chi connectivity index (χ1n) is 7.32. The highest BCUT2D eigenvalue weighted by molar-refractivity contribution is 5.69. The van der Waals surface area contributed by atoms with Crippen molar-refractivity contribution in [1.82, 2.24) is 4.90 Å². The van der Waals surface area contributed by atoms with Gasteiger partial charge < -0.3 is 5.11 Å². The van der Waals surface area contributed by atoms with Crippen molar-refractivity contribution in [3.05, 3.63) is 35.4 Å². The molecule has 0 aliphatic rings. The van der Waals surface area contributed by atoms with E-state index in [0.717, 1.165) is 18.9 Å². The summed E-state index contributed by atoms with van der Waals surface area (Å²) in [7, 11) is 0. The zero-order chi connectivity index (χ0) is 16.8. The number of rotatable bonds is 8. The predicted octanol–water partition coefficient (Wildman–Crippen LogP) is 3.82. The highest BCUT2D eigenvalue weighted by Gasteiger charge is 2.30. The van der Waals surface area contributed by atoms with Gasteiger partial charge in [-0.3, -0.25) is 9.69 Å². The zero-order valence-electron chi connectivity index (χ0n) is 12.9. The SMILES string of the molecule is CC(C)N(CCCCc1cccc(C(F)(F)F)c1)CC(=O)O. The van der Waals surface area contributed by atoms with E-state index in [2.05, 4.69) is 0 Å². The summed E-state index contributed by atoms with van der Waals surface area (Å²) in [6.07, 6.45) is -2.28. The topological polar surface area (TPSA) is 40.5 Å². The van der Waals surface area contributed by atoms with E-state index in [0.29, 0.717) is 18.5 Å². The summed E-state index contributed by atoms with van der Waals surface area (Å²) in [5, 5.41) is 8.83. The van der Waals surface area contributed by atoms with Gasteiger partial charge in [-0.1, -0.05) is 18.2 Å². The van der Waals surface area contributed by atoms with E-state index in [1.807, 2.05) is 18.7 Å². The monoisotopic (exact) mass is 317 g/mol. The summed E-state index contributed by atoms with van der Waals surface area (Å²) < 4.78 is 37.8. The molecule has 0 amide bonds. The van der Waals surface area contributed by atoms with Gasteiger partial charge in [-0.25, -0.2) is 0 Å². The van der Waals surface area contributed by atoms with Gasteiger partial charge in [0.15, 0.2) is 0 Å². The van der Waals surface area contributed by atoms with Gasteiger partial charge in [0.25, 0.3) is 0 Å². The van der Waals surface area contributed by atoms with Crippen molar-refractivity contribution in [2.45, 2.75) is 45.3 Å². The molecule has 0 radical (unpaired) electrons. The Hall–Kier alpha value is -1.56. The van der Waals surface area contributed by atoms with E-state index in [9.17, 15) is 18.0 Å². The first-order valence-corrected chi connectivity index (χ1v) is 7.32. The fourth-order valence-electron chi connectivity index (χ4n) is 2.24. The number of hydrogen-bond acceptors (Lipinski definition) is 2. The number of aryl methyl sites for hydroxylation is 1. The Balaban J connectivity index is 2.45. The van der Waals surface area contributed by atoms with Crippen LogP contribution in [0, 0.1) is 0 Å². The predicted molar refractivity (Wildman–Crippen MR) is 78.7 cm³/mol. The number of hydrogen-bond donors (Lipinski definition) is 1. The van der Waals surface area contributed by atoms with Crippen molar-refractivity contribution < 1.29 is 23.1 Å². The number of carboxylic acid groups (broad SMARTS) is 1. The van der Waals surface area contributed by atoms with Gasteiger partial charge in [0.1, 0.15) is 0 Å². The van der Waals surface area contributed by atoms with Crippen LogP contribution in [-0.2, 0) is 17.4 Å². The van der Waals surface area contributed by atoms with Crippen LogP contribution in [0.4, 0.5) is 13.2 Å². The number of aliphatic carboxylic acids is 1. The number of benzene rings is 1. The molecule has 0 saturated heterocycles. The lowest BCUT2D eigenvalue weighted by molar-refractivity contribution is -0.139. The number of nitrogens with zero attached hydrogens (tertiary/aromatic N) is 1. The van der Waals surface area contributed by atoms with Gasteiger partial charge in [-0.15, -0.1) is 0 Å². The van der Waals surface area contributed by atoms with Crippen LogP contribution in [0.15, 0.2) is 24.3 Å². The van der Waals surface area contributed by atoms with Gasteiger partial charge in [0, 0.05) is 6.04 Å². The van der Waals surface area contributed by atoms with Gasteiger partial charge in [0.2, 0.25) is 0 Å². The number of alkyl halides is 3. The molecule has 1 aromatic rings. The second-order valence-electron chi connectivity index (χ2n) is 5.61. The molecule has 0 spiro atoms. The number of carboxylic acids is 1. The van der Waals surface area contributed by atoms with Crippen LogP contribution < -0.4 is 0 Å². The first-order chi connectivity index (χ1) is 10.2. The Labute approximate surface area is 128 Å². The van der Waals surface area contributed by atoms with E-state index < -0.39 is 17.7 Å². The summed E-state index contributed by atoms with van der Waals surface area (Å²) in [5.74, 6) is -0.869. The Morgan fingerprint density at radius 1 is 1.27 bits per heavy atom. The Kier molecular flexibility index (Phi) is 6.87. The molecule has 1 N–H and O–H groups in total. The van der Waals surface area contributed by atoms with E-state index in [4.69, 9.17) is 5.11 Å². The summed E-state index contributed by atoms with van der Waals surface area (Å²) >= 11 is 0. The molecule has 1 rings (SSSR count). The van der Waals surface area contributed by atoms with Crippen molar-refractivity contribution in [3.63, 3.8) is 0 Å². The summed E-state index contributed by atoms with van der Waals surface area (Å²) in [5.41, 5.74) is 0.0313. The Morgan fingerprint density at radius 2 is 1.95 bits per heavy atom. The summed E-state index contributed by atoms with van der Waals surface area (Å²) in [6, 6.07) is 5.48. The second kappa shape index (κ2) is 8.17.